The minimum absolute atomic E-state index is 0.00932. The Morgan fingerprint density at radius 1 is 1.04 bits per heavy atom. The molecule has 0 heterocycles. The van der Waals surface area contributed by atoms with Crippen molar-refractivity contribution in [3.8, 4) is 0 Å². The van der Waals surface area contributed by atoms with E-state index in [2.05, 4.69) is 5.32 Å². The molecule has 1 aromatic rings. The van der Waals surface area contributed by atoms with E-state index in [1.54, 1.807) is 0 Å². The Hall–Kier alpha value is -1.84. The lowest BCUT2D eigenvalue weighted by Gasteiger charge is -2.55. The van der Waals surface area contributed by atoms with E-state index in [1.165, 1.54) is 19.3 Å². The number of carboxylic acid groups (broad SMARTS) is 1. The second kappa shape index (κ2) is 5.91. The molecule has 1 amide bonds. The van der Waals surface area contributed by atoms with Gasteiger partial charge in [-0.05, 0) is 61.8 Å². The summed E-state index contributed by atoms with van der Waals surface area (Å²) in [6.07, 6.45) is 7.05. The van der Waals surface area contributed by atoms with Gasteiger partial charge in [0.1, 0.15) is 6.04 Å². The van der Waals surface area contributed by atoms with Crippen LogP contribution in [-0.2, 0) is 16.0 Å². The maximum Gasteiger partial charge on any atom is 0.326 e. The number of aliphatic carboxylic acids is 1. The highest BCUT2D eigenvalue weighted by molar-refractivity contribution is 5.88. The number of carboxylic acids is 1. The van der Waals surface area contributed by atoms with Crippen molar-refractivity contribution in [1.82, 2.24) is 5.32 Å². The number of carbonyl (C=O) groups excluding carboxylic acids is 1. The fourth-order valence-corrected chi connectivity index (χ4v) is 5.75. The van der Waals surface area contributed by atoms with Gasteiger partial charge in [-0.25, -0.2) is 4.79 Å². The first-order valence-corrected chi connectivity index (χ1v) is 9.12. The highest BCUT2D eigenvalue weighted by Crippen LogP contribution is 2.60. The minimum Gasteiger partial charge on any atom is -0.480 e. The van der Waals surface area contributed by atoms with Crippen molar-refractivity contribution >= 4 is 11.9 Å². The summed E-state index contributed by atoms with van der Waals surface area (Å²) >= 11 is 0. The van der Waals surface area contributed by atoms with Crippen LogP contribution in [0.5, 0.6) is 0 Å². The highest BCUT2D eigenvalue weighted by atomic mass is 16.4. The molecule has 4 heteroatoms. The Morgan fingerprint density at radius 2 is 1.58 bits per heavy atom. The predicted molar refractivity (Wildman–Crippen MR) is 90.3 cm³/mol. The Morgan fingerprint density at radius 3 is 2.08 bits per heavy atom. The van der Waals surface area contributed by atoms with Crippen molar-refractivity contribution < 1.29 is 14.7 Å². The zero-order chi connectivity index (χ0) is 16.7. The Labute approximate surface area is 142 Å². The fraction of sp³-hybridized carbons (Fsp3) is 0.600. The summed E-state index contributed by atoms with van der Waals surface area (Å²) in [5.41, 5.74) is 0.648. The molecule has 1 atom stereocenters. The summed E-state index contributed by atoms with van der Waals surface area (Å²) in [4.78, 5) is 24.7. The number of amides is 1. The van der Waals surface area contributed by atoms with E-state index >= 15 is 0 Å². The van der Waals surface area contributed by atoms with Gasteiger partial charge in [0.15, 0.2) is 0 Å². The van der Waals surface area contributed by atoms with Gasteiger partial charge in [0.2, 0.25) is 5.91 Å². The molecule has 24 heavy (non-hydrogen) atoms. The van der Waals surface area contributed by atoms with E-state index in [9.17, 15) is 14.7 Å². The van der Waals surface area contributed by atoms with Crippen LogP contribution >= 0.6 is 0 Å². The van der Waals surface area contributed by atoms with Crippen molar-refractivity contribution in [2.45, 2.75) is 51.0 Å². The van der Waals surface area contributed by atoms with Crippen molar-refractivity contribution in [3.63, 3.8) is 0 Å². The zero-order valence-electron chi connectivity index (χ0n) is 13.9. The van der Waals surface area contributed by atoms with Gasteiger partial charge < -0.3 is 10.4 Å². The van der Waals surface area contributed by atoms with Crippen molar-refractivity contribution in [2.75, 3.05) is 0 Å². The number of hydrogen-bond acceptors (Lipinski definition) is 2. The molecule has 5 rings (SSSR count). The maximum atomic E-state index is 13.0. The quantitative estimate of drug-likeness (QED) is 0.873. The lowest BCUT2D eigenvalue weighted by molar-refractivity contribution is -0.151. The Kier molecular flexibility index (Phi) is 3.86. The molecule has 0 spiro atoms. The van der Waals surface area contributed by atoms with Gasteiger partial charge in [0, 0.05) is 11.8 Å². The number of carbonyl (C=O) groups is 2. The molecule has 0 radical (unpaired) electrons. The third kappa shape index (κ3) is 2.83. The van der Waals surface area contributed by atoms with Crippen LogP contribution in [0.2, 0.25) is 0 Å². The summed E-state index contributed by atoms with van der Waals surface area (Å²) in [6, 6.07) is 8.69. The normalized spacial score (nSPS) is 34.8. The molecule has 0 aromatic heterocycles. The molecular formula is C20H25NO3. The molecule has 4 aliphatic rings. The third-order valence-electron chi connectivity index (χ3n) is 6.41. The molecule has 1 aromatic carbocycles. The first kappa shape index (κ1) is 15.7. The van der Waals surface area contributed by atoms with Crippen LogP contribution in [0, 0.1) is 23.2 Å². The van der Waals surface area contributed by atoms with Gasteiger partial charge in [-0.3, -0.25) is 4.79 Å². The van der Waals surface area contributed by atoms with Gasteiger partial charge in [0.25, 0.3) is 0 Å². The largest absolute Gasteiger partial charge is 0.480 e. The second-order valence-corrected chi connectivity index (χ2v) is 8.25. The smallest absolute Gasteiger partial charge is 0.326 e. The number of benzene rings is 1. The maximum absolute atomic E-state index is 13.0. The molecule has 128 valence electrons. The summed E-state index contributed by atoms with van der Waals surface area (Å²) in [5.74, 6) is 1.08. The van der Waals surface area contributed by atoms with Gasteiger partial charge in [-0.1, -0.05) is 30.3 Å². The van der Waals surface area contributed by atoms with Crippen LogP contribution < -0.4 is 5.32 Å². The minimum atomic E-state index is -0.947. The molecule has 4 aliphatic carbocycles. The molecule has 0 saturated heterocycles. The average Bonchev–Trinajstić information content (AvgIpc) is 2.53. The molecule has 0 aliphatic heterocycles. The monoisotopic (exact) mass is 327 g/mol. The van der Waals surface area contributed by atoms with E-state index < -0.39 is 12.0 Å². The molecule has 4 nitrogen and oxygen atoms in total. The van der Waals surface area contributed by atoms with E-state index in [-0.39, 0.29) is 11.3 Å². The number of hydrogen-bond donors (Lipinski definition) is 2. The highest BCUT2D eigenvalue weighted by Gasteiger charge is 2.54. The topological polar surface area (TPSA) is 66.4 Å². The second-order valence-electron chi connectivity index (χ2n) is 8.25. The number of nitrogens with one attached hydrogen (secondary N) is 1. The van der Waals surface area contributed by atoms with Crippen LogP contribution in [0.25, 0.3) is 0 Å². The lowest BCUT2D eigenvalue weighted by Crippen LogP contribution is -2.56. The van der Waals surface area contributed by atoms with Crippen LogP contribution in [0.3, 0.4) is 0 Å². The molecule has 2 N–H and O–H groups in total. The SMILES string of the molecule is O=C(O)[C@H](Cc1ccccc1)NC(=O)C12CC3CC(CC(C3)C1)C2. The van der Waals surface area contributed by atoms with Crippen LogP contribution in [0.1, 0.15) is 44.1 Å². The summed E-state index contributed by atoms with van der Waals surface area (Å²) in [6.45, 7) is 0. The summed E-state index contributed by atoms with van der Waals surface area (Å²) in [5, 5.41) is 12.4. The zero-order valence-corrected chi connectivity index (χ0v) is 13.9. The number of rotatable bonds is 5. The first-order chi connectivity index (χ1) is 11.5. The van der Waals surface area contributed by atoms with Crippen molar-refractivity contribution in [2.24, 2.45) is 23.2 Å². The predicted octanol–water partition coefficient (Wildman–Crippen LogP) is 3.01. The fourth-order valence-electron chi connectivity index (χ4n) is 5.75. The van der Waals surface area contributed by atoms with E-state index in [4.69, 9.17) is 0 Å². The van der Waals surface area contributed by atoms with Gasteiger partial charge >= 0.3 is 5.97 Å². The van der Waals surface area contributed by atoms with Crippen LogP contribution in [0.4, 0.5) is 0 Å². The molecule has 4 saturated carbocycles. The van der Waals surface area contributed by atoms with Crippen LogP contribution in [-0.4, -0.2) is 23.0 Å². The first-order valence-electron chi connectivity index (χ1n) is 9.12. The molecular weight excluding hydrogens is 302 g/mol. The Balaban J connectivity index is 1.48. The average molecular weight is 327 g/mol. The van der Waals surface area contributed by atoms with Gasteiger partial charge in [-0.15, -0.1) is 0 Å². The Bertz CT molecular complexity index is 604. The van der Waals surface area contributed by atoms with E-state index in [0.29, 0.717) is 24.2 Å². The molecule has 4 fully saturated rings. The third-order valence-corrected chi connectivity index (χ3v) is 6.41. The van der Waals surface area contributed by atoms with Gasteiger partial charge in [-0.2, -0.15) is 0 Å². The van der Waals surface area contributed by atoms with E-state index in [0.717, 1.165) is 24.8 Å². The van der Waals surface area contributed by atoms with Gasteiger partial charge in [0.05, 0.1) is 0 Å². The standard InChI is InChI=1S/C20H25NO3/c22-18(23)17(9-13-4-2-1-3-5-13)21-19(24)20-10-14-6-15(11-20)8-16(7-14)12-20/h1-5,14-17H,6-12H2,(H,21,24)(H,22,23)/t14?,15?,16?,17-,20?/m0/s1. The van der Waals surface area contributed by atoms with Crippen molar-refractivity contribution in [1.29, 1.82) is 0 Å². The molecule has 0 unspecified atom stereocenters. The van der Waals surface area contributed by atoms with Crippen molar-refractivity contribution in [3.05, 3.63) is 35.9 Å². The van der Waals surface area contributed by atoms with Crippen LogP contribution in [0.15, 0.2) is 30.3 Å². The summed E-state index contributed by atoms with van der Waals surface area (Å²) < 4.78 is 0. The van der Waals surface area contributed by atoms with E-state index in [1.807, 2.05) is 30.3 Å². The lowest BCUT2D eigenvalue weighted by atomic mass is 9.49. The molecule has 4 bridgehead atoms. The summed E-state index contributed by atoms with van der Waals surface area (Å²) in [7, 11) is 0.